The molecule has 3 rings (SSSR count). The van der Waals surface area contributed by atoms with Crippen LogP contribution in [-0.4, -0.2) is 5.78 Å². The smallest absolute Gasteiger partial charge is 0.186 e. The number of allylic oxidation sites excluding steroid dienone is 3. The summed E-state index contributed by atoms with van der Waals surface area (Å²) in [5.74, 6) is 0.0742. The van der Waals surface area contributed by atoms with Crippen molar-refractivity contribution in [2.75, 3.05) is 0 Å². The van der Waals surface area contributed by atoms with Gasteiger partial charge in [-0.15, -0.1) is 0 Å². The zero-order valence-corrected chi connectivity index (χ0v) is 11.5. The topological polar surface area (TPSA) is 17.1 Å². The molecule has 0 unspecified atom stereocenters. The molecule has 1 aliphatic rings. The van der Waals surface area contributed by atoms with Gasteiger partial charge in [0.15, 0.2) is 5.78 Å². The van der Waals surface area contributed by atoms with Crippen LogP contribution in [-0.2, 0) is 0 Å². The second-order valence-corrected chi connectivity index (χ2v) is 5.15. The molecule has 0 amide bonds. The normalized spacial score (nSPS) is 15.7. The molecular weight excluding hydrogens is 244 g/mol. The van der Waals surface area contributed by atoms with Gasteiger partial charge in [0.2, 0.25) is 0 Å². The van der Waals surface area contributed by atoms with Gasteiger partial charge in [-0.05, 0) is 36.1 Å². The molecule has 0 saturated heterocycles. The molecule has 0 N–H and O–H groups in total. The Hall–Kier alpha value is -2.41. The molecule has 2 aromatic carbocycles. The summed E-state index contributed by atoms with van der Waals surface area (Å²) in [4.78, 5) is 12.3. The number of carbonyl (C=O) groups is 1. The lowest BCUT2D eigenvalue weighted by atomic mass is 9.87. The summed E-state index contributed by atoms with van der Waals surface area (Å²) in [6, 6.07) is 17.7. The van der Waals surface area contributed by atoms with Crippen molar-refractivity contribution in [1.29, 1.82) is 0 Å². The number of hydrogen-bond acceptors (Lipinski definition) is 1. The van der Waals surface area contributed by atoms with Crippen LogP contribution in [0.2, 0.25) is 0 Å². The predicted octanol–water partition coefficient (Wildman–Crippen LogP) is 4.76. The van der Waals surface area contributed by atoms with Crippen molar-refractivity contribution in [3.63, 3.8) is 0 Å². The maximum atomic E-state index is 12.3. The monoisotopic (exact) mass is 260 g/mol. The minimum Gasteiger partial charge on any atom is -0.289 e. The summed E-state index contributed by atoms with van der Waals surface area (Å²) in [5, 5.41) is 0. The van der Waals surface area contributed by atoms with Gasteiger partial charge in [-0.3, -0.25) is 4.79 Å². The summed E-state index contributed by atoms with van der Waals surface area (Å²) < 4.78 is 0. The Morgan fingerprint density at radius 3 is 2.50 bits per heavy atom. The van der Waals surface area contributed by atoms with E-state index < -0.39 is 0 Å². The molecule has 0 fully saturated rings. The molecule has 0 aromatic heterocycles. The summed E-state index contributed by atoms with van der Waals surface area (Å²) in [5.41, 5.74) is 5.50. The van der Waals surface area contributed by atoms with Gasteiger partial charge in [-0.2, -0.15) is 0 Å². The zero-order valence-electron chi connectivity index (χ0n) is 11.5. The van der Waals surface area contributed by atoms with Crippen molar-refractivity contribution in [3.05, 3.63) is 82.9 Å². The standard InChI is InChI=1S/C19H16O/c1-14-11-16-9-5-6-10-18(16)17(12-14)13-19(20)15-7-3-2-4-8-15/h2-11,13H,12H2,1H3. The largest absolute Gasteiger partial charge is 0.289 e. The van der Waals surface area contributed by atoms with Gasteiger partial charge in [-0.1, -0.05) is 66.2 Å². The molecule has 0 aliphatic heterocycles. The molecule has 98 valence electrons. The third kappa shape index (κ3) is 2.48. The van der Waals surface area contributed by atoms with Crippen molar-refractivity contribution in [2.45, 2.75) is 13.3 Å². The van der Waals surface area contributed by atoms with Crippen LogP contribution in [0.3, 0.4) is 0 Å². The Balaban J connectivity index is 2.01. The highest BCUT2D eigenvalue weighted by molar-refractivity contribution is 6.09. The molecule has 1 heteroatoms. The lowest BCUT2D eigenvalue weighted by molar-refractivity contribution is 0.104. The predicted molar refractivity (Wildman–Crippen MR) is 83.5 cm³/mol. The molecule has 0 bridgehead atoms. The highest BCUT2D eigenvalue weighted by Crippen LogP contribution is 2.32. The van der Waals surface area contributed by atoms with Crippen LogP contribution in [0.15, 0.2) is 66.2 Å². The van der Waals surface area contributed by atoms with E-state index >= 15 is 0 Å². The lowest BCUT2D eigenvalue weighted by Crippen LogP contribution is -2.01. The second kappa shape index (κ2) is 5.30. The van der Waals surface area contributed by atoms with E-state index in [9.17, 15) is 4.79 Å². The first kappa shape index (κ1) is 12.6. The Bertz CT molecular complexity index is 706. The van der Waals surface area contributed by atoms with E-state index in [1.54, 1.807) is 6.08 Å². The van der Waals surface area contributed by atoms with Gasteiger partial charge in [0.05, 0.1) is 0 Å². The van der Waals surface area contributed by atoms with Crippen LogP contribution in [0.4, 0.5) is 0 Å². The van der Waals surface area contributed by atoms with E-state index in [4.69, 9.17) is 0 Å². The van der Waals surface area contributed by atoms with E-state index in [2.05, 4.69) is 25.1 Å². The van der Waals surface area contributed by atoms with Crippen molar-refractivity contribution >= 4 is 17.4 Å². The van der Waals surface area contributed by atoms with Crippen molar-refractivity contribution in [3.8, 4) is 0 Å². The summed E-state index contributed by atoms with van der Waals surface area (Å²) in [6.45, 7) is 2.11. The number of ketones is 1. The Labute approximate surface area is 119 Å². The van der Waals surface area contributed by atoms with Crippen LogP contribution in [0.1, 0.15) is 34.8 Å². The summed E-state index contributed by atoms with van der Waals surface area (Å²) in [7, 11) is 0. The van der Waals surface area contributed by atoms with E-state index in [0.29, 0.717) is 0 Å². The van der Waals surface area contributed by atoms with Crippen LogP contribution >= 0.6 is 0 Å². The van der Waals surface area contributed by atoms with Gasteiger partial charge in [0.25, 0.3) is 0 Å². The molecule has 0 radical (unpaired) electrons. The fraction of sp³-hybridized carbons (Fsp3) is 0.105. The van der Waals surface area contributed by atoms with E-state index in [1.165, 1.54) is 16.7 Å². The second-order valence-electron chi connectivity index (χ2n) is 5.15. The van der Waals surface area contributed by atoms with E-state index in [1.807, 2.05) is 42.5 Å². The fourth-order valence-corrected chi connectivity index (χ4v) is 2.60. The Morgan fingerprint density at radius 1 is 1.00 bits per heavy atom. The molecule has 1 nitrogen and oxygen atoms in total. The summed E-state index contributed by atoms with van der Waals surface area (Å²) >= 11 is 0. The molecule has 2 aromatic rings. The first-order valence-electron chi connectivity index (χ1n) is 6.80. The molecule has 1 aliphatic carbocycles. The Morgan fingerprint density at radius 2 is 1.70 bits per heavy atom. The van der Waals surface area contributed by atoms with Crippen LogP contribution in [0.5, 0.6) is 0 Å². The average Bonchev–Trinajstić information content (AvgIpc) is 2.48. The molecule has 20 heavy (non-hydrogen) atoms. The highest BCUT2D eigenvalue weighted by Gasteiger charge is 2.14. The number of benzene rings is 2. The third-order valence-electron chi connectivity index (χ3n) is 3.54. The maximum absolute atomic E-state index is 12.3. The molecule has 0 heterocycles. The first-order chi connectivity index (χ1) is 9.74. The Kier molecular flexibility index (Phi) is 3.34. The number of fused-ring (bicyclic) bond motifs is 1. The van der Waals surface area contributed by atoms with Crippen molar-refractivity contribution in [2.24, 2.45) is 0 Å². The van der Waals surface area contributed by atoms with Crippen LogP contribution in [0.25, 0.3) is 11.6 Å². The van der Waals surface area contributed by atoms with E-state index in [-0.39, 0.29) is 5.78 Å². The lowest BCUT2D eigenvalue weighted by Gasteiger charge is -2.17. The minimum absolute atomic E-state index is 0.0742. The van der Waals surface area contributed by atoms with E-state index in [0.717, 1.165) is 17.6 Å². The minimum atomic E-state index is 0.0742. The summed E-state index contributed by atoms with van der Waals surface area (Å²) in [6.07, 6.45) is 4.82. The third-order valence-corrected chi connectivity index (χ3v) is 3.54. The first-order valence-corrected chi connectivity index (χ1v) is 6.80. The van der Waals surface area contributed by atoms with Crippen LogP contribution in [0, 0.1) is 0 Å². The number of rotatable bonds is 2. The fourth-order valence-electron chi connectivity index (χ4n) is 2.60. The quantitative estimate of drug-likeness (QED) is 0.562. The van der Waals surface area contributed by atoms with Crippen LogP contribution < -0.4 is 0 Å². The van der Waals surface area contributed by atoms with Crippen molar-refractivity contribution in [1.82, 2.24) is 0 Å². The van der Waals surface area contributed by atoms with Gasteiger partial charge < -0.3 is 0 Å². The SMILES string of the molecule is CC1=Cc2ccccc2C(=CC(=O)c2ccccc2)C1. The molecular formula is C19H16O. The number of hydrogen-bond donors (Lipinski definition) is 0. The molecule has 0 spiro atoms. The zero-order chi connectivity index (χ0) is 13.9. The highest BCUT2D eigenvalue weighted by atomic mass is 16.1. The van der Waals surface area contributed by atoms with Gasteiger partial charge in [0.1, 0.15) is 0 Å². The maximum Gasteiger partial charge on any atom is 0.186 e. The van der Waals surface area contributed by atoms with Crippen molar-refractivity contribution < 1.29 is 4.79 Å². The van der Waals surface area contributed by atoms with Gasteiger partial charge in [-0.25, -0.2) is 0 Å². The number of carbonyl (C=O) groups excluding carboxylic acids is 1. The molecule has 0 atom stereocenters. The molecule has 0 saturated carbocycles. The average molecular weight is 260 g/mol. The van der Waals surface area contributed by atoms with Gasteiger partial charge >= 0.3 is 0 Å². The van der Waals surface area contributed by atoms with Gasteiger partial charge in [0, 0.05) is 5.56 Å².